The highest BCUT2D eigenvalue weighted by Crippen LogP contribution is 2.27. The van der Waals surface area contributed by atoms with Gasteiger partial charge in [0, 0.05) is 20.0 Å². The first kappa shape index (κ1) is 82.5. The molecule has 0 aromatic rings. The predicted octanol–water partition coefficient (Wildman–Crippen LogP) is 20.5. The highest BCUT2D eigenvalue weighted by Gasteiger charge is 2.28. The molecule has 78 heavy (non-hydrogen) atoms. The normalized spacial score (nSPS) is 13.0. The van der Waals surface area contributed by atoms with Crippen LogP contribution in [0.1, 0.15) is 352 Å². The minimum Gasteiger partial charge on any atom is -0.468 e. The number of aliphatic hydroxyl groups is 1. The lowest BCUT2D eigenvalue weighted by Gasteiger charge is -2.23. The molecule has 0 aromatic heterocycles. The smallest absolute Gasteiger partial charge is 0.311 e. The van der Waals surface area contributed by atoms with E-state index in [-0.39, 0.29) is 23.5 Å². The van der Waals surface area contributed by atoms with Gasteiger partial charge in [-0.25, -0.2) is 0 Å². The molecule has 9 heteroatoms. The van der Waals surface area contributed by atoms with Gasteiger partial charge in [-0.1, -0.05) is 242 Å². The van der Waals surface area contributed by atoms with E-state index in [0.29, 0.717) is 32.0 Å². The minimum absolute atomic E-state index is 0.0121. The minimum atomic E-state index is -0.337. The molecule has 0 radical (unpaired) electrons. The molecule has 1 saturated heterocycles. The van der Waals surface area contributed by atoms with Crippen LogP contribution in [0.2, 0.25) is 0 Å². The van der Waals surface area contributed by atoms with E-state index in [1.54, 1.807) is 0 Å². The lowest BCUT2D eigenvalue weighted by atomic mass is 9.87. The molecule has 0 spiro atoms. The molecule has 1 rings (SSSR count). The quantitative estimate of drug-likeness (QED) is 0.0275. The van der Waals surface area contributed by atoms with Crippen molar-refractivity contribution in [2.24, 2.45) is 23.2 Å². The maximum atomic E-state index is 12.6. The monoisotopic (exact) mass is 1110 g/mol. The van der Waals surface area contributed by atoms with Crippen LogP contribution in [-0.2, 0) is 33.4 Å². The number of aldehydes is 1. The fourth-order valence-electron chi connectivity index (χ4n) is 10.1. The summed E-state index contributed by atoms with van der Waals surface area (Å²) in [7, 11) is 1.00. The van der Waals surface area contributed by atoms with Crippen molar-refractivity contribution in [1.29, 1.82) is 0 Å². The second-order valence-corrected chi connectivity index (χ2v) is 23.9. The van der Waals surface area contributed by atoms with Crippen molar-refractivity contribution in [3.05, 3.63) is 0 Å². The van der Waals surface area contributed by atoms with Gasteiger partial charge < -0.3 is 29.0 Å². The first-order valence-electron chi connectivity index (χ1n) is 33.9. The van der Waals surface area contributed by atoms with Gasteiger partial charge in [0.05, 0.1) is 18.6 Å². The van der Waals surface area contributed by atoms with Crippen molar-refractivity contribution >= 4 is 24.7 Å². The summed E-state index contributed by atoms with van der Waals surface area (Å²) < 4.78 is 16.3. The number of unbranched alkanes of at least 4 members (excludes halogenated alkanes) is 23. The molecule has 1 heterocycles. The number of likely N-dealkylation sites (tertiary alicyclic amines) is 1. The Hall–Kier alpha value is -2.00. The topological polar surface area (TPSA) is 119 Å². The van der Waals surface area contributed by atoms with E-state index in [9.17, 15) is 19.2 Å². The van der Waals surface area contributed by atoms with Crippen LogP contribution in [0.4, 0.5) is 0 Å². The Bertz CT molecular complexity index is 1160. The van der Waals surface area contributed by atoms with Gasteiger partial charge in [-0.3, -0.25) is 14.4 Å². The second-order valence-electron chi connectivity index (χ2n) is 23.9. The van der Waals surface area contributed by atoms with Crippen molar-refractivity contribution in [1.82, 2.24) is 4.90 Å². The third kappa shape index (κ3) is 61.6. The van der Waals surface area contributed by atoms with Gasteiger partial charge in [-0.2, -0.15) is 0 Å². The van der Waals surface area contributed by atoms with E-state index in [2.05, 4.69) is 85.8 Å². The van der Waals surface area contributed by atoms with Crippen LogP contribution >= 0.6 is 0 Å². The van der Waals surface area contributed by atoms with E-state index in [0.717, 1.165) is 102 Å². The number of hydrogen-bond donors (Lipinski definition) is 1. The van der Waals surface area contributed by atoms with Crippen molar-refractivity contribution < 1.29 is 38.5 Å². The number of esters is 2. The summed E-state index contributed by atoms with van der Waals surface area (Å²) >= 11 is 0. The molecule has 1 N–H and O–H groups in total. The summed E-state index contributed by atoms with van der Waals surface area (Å²) in [6, 6.07) is 0. The Balaban J connectivity index is -0.000000542. The number of aliphatic hydroxyl groups excluding tert-OH is 1. The van der Waals surface area contributed by atoms with Crippen LogP contribution in [0.15, 0.2) is 0 Å². The van der Waals surface area contributed by atoms with Crippen LogP contribution < -0.4 is 0 Å². The summed E-state index contributed by atoms with van der Waals surface area (Å²) in [5, 5.41) is 7.00. The average Bonchev–Trinajstić information content (AvgIpc) is 3.97. The number of nitrogens with zero attached hydrogens (tertiary/aromatic N) is 1. The molecular formula is C69H139NO8. The molecule has 2 unspecified atom stereocenters. The fraction of sp³-hybridized carbons (Fsp3) is 0.942. The first-order chi connectivity index (χ1) is 37.9. The average molecular weight is 1110 g/mol. The highest BCUT2D eigenvalue weighted by molar-refractivity contribution is 5.75. The zero-order chi connectivity index (χ0) is 59.0. The van der Waals surface area contributed by atoms with Crippen LogP contribution in [-0.4, -0.2) is 80.8 Å². The Morgan fingerprint density at radius 3 is 1.46 bits per heavy atom. The van der Waals surface area contributed by atoms with Gasteiger partial charge in [0.1, 0.15) is 12.4 Å². The Morgan fingerprint density at radius 1 is 0.513 bits per heavy atom. The van der Waals surface area contributed by atoms with E-state index in [4.69, 9.17) is 14.6 Å². The van der Waals surface area contributed by atoms with Gasteiger partial charge in [-0.15, -0.1) is 0 Å². The van der Waals surface area contributed by atoms with Crippen LogP contribution in [0.25, 0.3) is 0 Å². The molecule has 0 aromatic carbocycles. The molecule has 1 aliphatic heterocycles. The molecule has 0 bridgehead atoms. The predicted molar refractivity (Wildman–Crippen MR) is 337 cm³/mol. The van der Waals surface area contributed by atoms with Gasteiger partial charge in [0.25, 0.3) is 6.47 Å². The Morgan fingerprint density at radius 2 is 0.962 bits per heavy atom. The summed E-state index contributed by atoms with van der Waals surface area (Å²) in [6.07, 6.45) is 52.8. The molecular weight excluding hydrogens is 971 g/mol. The maximum Gasteiger partial charge on any atom is 0.311 e. The summed E-state index contributed by atoms with van der Waals surface area (Å²) in [4.78, 5) is 47.6. The van der Waals surface area contributed by atoms with E-state index >= 15 is 0 Å². The van der Waals surface area contributed by atoms with Crippen LogP contribution in [0.5, 0.6) is 0 Å². The molecule has 2 atom stereocenters. The highest BCUT2D eigenvalue weighted by atomic mass is 16.5. The van der Waals surface area contributed by atoms with E-state index in [1.807, 2.05) is 0 Å². The SMILES string of the molecule is CCC(C)C(C)CCC=O.CCCCC.CCCCCC(CCCCC)CCCOC(=O)C(C)(C)CCCCCCN1CCCC1.CCCCCCCCC(CCCCCCCC)OC(=O)CCCCCCCOC=O.CO. The zero-order valence-electron chi connectivity index (χ0n) is 54.7. The zero-order valence-corrected chi connectivity index (χ0v) is 54.7. The first-order valence-corrected chi connectivity index (χ1v) is 33.9. The molecule has 0 amide bonds. The molecule has 1 fully saturated rings. The van der Waals surface area contributed by atoms with Gasteiger partial charge in [-0.05, 0) is 135 Å². The molecule has 468 valence electrons. The van der Waals surface area contributed by atoms with Gasteiger partial charge in [0.2, 0.25) is 0 Å². The summed E-state index contributed by atoms with van der Waals surface area (Å²) in [6.45, 7) is 29.8. The van der Waals surface area contributed by atoms with Crippen molar-refractivity contribution in [2.45, 2.75) is 358 Å². The van der Waals surface area contributed by atoms with E-state index < -0.39 is 0 Å². The van der Waals surface area contributed by atoms with Crippen LogP contribution in [0.3, 0.4) is 0 Å². The lowest BCUT2D eigenvalue weighted by Crippen LogP contribution is -2.27. The fourth-order valence-corrected chi connectivity index (χ4v) is 10.1. The van der Waals surface area contributed by atoms with Crippen molar-refractivity contribution in [3.8, 4) is 0 Å². The Labute approximate surface area is 487 Å². The molecule has 9 nitrogen and oxygen atoms in total. The van der Waals surface area contributed by atoms with Crippen LogP contribution in [0, 0.1) is 23.2 Å². The van der Waals surface area contributed by atoms with Gasteiger partial charge >= 0.3 is 11.9 Å². The number of rotatable bonds is 51. The third-order valence-corrected chi connectivity index (χ3v) is 16.0. The number of hydrogen-bond acceptors (Lipinski definition) is 9. The molecule has 1 aliphatic rings. The third-order valence-electron chi connectivity index (χ3n) is 16.0. The van der Waals surface area contributed by atoms with E-state index in [1.165, 1.54) is 212 Å². The number of ether oxygens (including phenoxy) is 3. The second kappa shape index (κ2) is 67.5. The maximum absolute atomic E-state index is 12.6. The lowest BCUT2D eigenvalue weighted by molar-refractivity contribution is -0.154. The summed E-state index contributed by atoms with van der Waals surface area (Å²) in [5.74, 6) is 2.29. The van der Waals surface area contributed by atoms with Crippen molar-refractivity contribution in [2.75, 3.05) is 40.0 Å². The standard InChI is InChI=1S/C28H55NO2.C26H50O4.C9H18O.C5H12.CH4O/c1-5-7-11-18-26(19-12-8-6-2)20-17-25-31-27(30)28(3,4)21-13-9-10-14-22-29-23-15-16-24-29;1-3-5-7-9-12-16-20-25(21-17-13-10-8-6-4-2)30-26(28)22-18-14-11-15-19-23-29-24-27;1-4-8(2)9(3)6-5-7-10;1-3-5-4-2;1-2/h26H,5-25H2,1-4H3;24-25H,3-23H2,1-2H3;7-9H,4-6H2,1-3H3;3-5H2,1-2H3;2H,1H3. The number of carbonyl (C=O) groups excluding carboxylic acids is 4. The number of carbonyl (C=O) groups is 4. The Kier molecular flexibility index (Phi) is 71.4. The van der Waals surface area contributed by atoms with Crippen molar-refractivity contribution in [3.63, 3.8) is 0 Å². The largest absolute Gasteiger partial charge is 0.468 e. The molecule has 0 saturated carbocycles. The summed E-state index contributed by atoms with van der Waals surface area (Å²) in [5.41, 5.74) is -0.337. The van der Waals surface area contributed by atoms with Gasteiger partial charge in [0.15, 0.2) is 0 Å². The molecule has 0 aliphatic carbocycles.